The van der Waals surface area contributed by atoms with Gasteiger partial charge in [-0.3, -0.25) is 9.78 Å². The van der Waals surface area contributed by atoms with Crippen LogP contribution in [-0.4, -0.2) is 27.2 Å². The number of fused-ring (bicyclic) bond motifs is 1. The average Bonchev–Trinajstić information content (AvgIpc) is 3.69. The Morgan fingerprint density at radius 1 is 0.818 bits per heavy atom. The van der Waals surface area contributed by atoms with Crippen LogP contribution in [0.2, 0.25) is 0 Å². The third-order valence-electron chi connectivity index (χ3n) is 7.74. The standard InChI is InChI=1S/C36H29N5O2S/c42-33(24-43-30-11-2-1-3-12-30)38-27-16-19-28(20-17-27)41-35(34(39-36(41)44)31-13-6-7-21-37-31)32-14-8-22-40(32)29-18-15-25-9-4-5-10-26(25)23-29/h1-23,34-35H,24H2,(H,38,42)(H,39,44)/t34-,35-/m0/s1. The van der Waals surface area contributed by atoms with Crippen LogP contribution in [0.3, 0.4) is 0 Å². The summed E-state index contributed by atoms with van der Waals surface area (Å²) in [6.07, 6.45) is 3.89. The number of rotatable bonds is 8. The van der Waals surface area contributed by atoms with Gasteiger partial charge in [0.05, 0.1) is 11.7 Å². The highest BCUT2D eigenvalue weighted by molar-refractivity contribution is 7.80. The van der Waals surface area contributed by atoms with Crippen molar-refractivity contribution in [2.24, 2.45) is 0 Å². The van der Waals surface area contributed by atoms with Crippen molar-refractivity contribution in [3.8, 4) is 11.4 Å². The van der Waals surface area contributed by atoms with E-state index in [1.165, 1.54) is 10.8 Å². The number of hydrogen-bond donors (Lipinski definition) is 2. The average molecular weight is 596 g/mol. The van der Waals surface area contributed by atoms with Crippen LogP contribution in [0.15, 0.2) is 140 Å². The number of hydrogen-bond acceptors (Lipinski definition) is 4. The second kappa shape index (κ2) is 12.0. The minimum atomic E-state index is -0.235. The van der Waals surface area contributed by atoms with Crippen LogP contribution < -0.4 is 20.3 Å². The molecule has 8 heteroatoms. The zero-order valence-corrected chi connectivity index (χ0v) is 24.5. The first-order valence-corrected chi connectivity index (χ1v) is 14.8. The maximum absolute atomic E-state index is 12.6. The van der Waals surface area contributed by atoms with Gasteiger partial charge >= 0.3 is 0 Å². The van der Waals surface area contributed by atoms with Crippen molar-refractivity contribution in [1.82, 2.24) is 14.9 Å². The van der Waals surface area contributed by atoms with Crippen LogP contribution in [0, 0.1) is 0 Å². The lowest BCUT2D eigenvalue weighted by Gasteiger charge is -2.29. The topological polar surface area (TPSA) is 71.4 Å². The predicted octanol–water partition coefficient (Wildman–Crippen LogP) is 7.22. The number of nitrogens with one attached hydrogen (secondary N) is 2. The number of nitrogens with zero attached hydrogens (tertiary/aromatic N) is 3. The summed E-state index contributed by atoms with van der Waals surface area (Å²) in [5.41, 5.74) is 4.60. The number of ether oxygens (including phenoxy) is 1. The molecule has 0 saturated carbocycles. The summed E-state index contributed by atoms with van der Waals surface area (Å²) in [4.78, 5) is 19.4. The van der Waals surface area contributed by atoms with Crippen molar-refractivity contribution in [2.75, 3.05) is 16.8 Å². The molecule has 0 aliphatic carbocycles. The zero-order chi connectivity index (χ0) is 29.9. The fraction of sp³-hybridized carbons (Fsp3) is 0.0833. The molecule has 3 heterocycles. The highest BCUT2D eigenvalue weighted by atomic mass is 32.1. The molecule has 7 nitrogen and oxygen atoms in total. The van der Waals surface area contributed by atoms with E-state index in [-0.39, 0.29) is 24.6 Å². The number of aromatic nitrogens is 2. The monoisotopic (exact) mass is 595 g/mol. The molecule has 0 spiro atoms. The molecule has 1 aliphatic rings. The predicted molar refractivity (Wildman–Crippen MR) is 178 cm³/mol. The molecule has 1 aliphatic heterocycles. The quantitative estimate of drug-likeness (QED) is 0.181. The molecular formula is C36H29N5O2S. The fourth-order valence-electron chi connectivity index (χ4n) is 5.70. The van der Waals surface area contributed by atoms with Gasteiger partial charge in [-0.2, -0.15) is 0 Å². The van der Waals surface area contributed by atoms with Crippen molar-refractivity contribution in [1.29, 1.82) is 0 Å². The first kappa shape index (κ1) is 27.4. The van der Waals surface area contributed by atoms with Crippen molar-refractivity contribution in [3.63, 3.8) is 0 Å². The normalized spacial score (nSPS) is 16.1. The molecule has 0 radical (unpaired) electrons. The second-order valence-corrected chi connectivity index (χ2v) is 10.9. The Labute approximate surface area is 260 Å². The lowest BCUT2D eigenvalue weighted by molar-refractivity contribution is -0.118. The van der Waals surface area contributed by atoms with E-state index in [1.807, 2.05) is 72.8 Å². The summed E-state index contributed by atoms with van der Waals surface area (Å²) in [5, 5.41) is 9.43. The highest BCUT2D eigenvalue weighted by Gasteiger charge is 2.42. The Morgan fingerprint density at radius 2 is 1.57 bits per heavy atom. The SMILES string of the molecule is O=C(COc1ccccc1)Nc1ccc(N2C(=S)N[C@@H](c3ccccn3)[C@@H]2c2cccn2-c2ccc3ccccc3c2)cc1. The van der Waals surface area contributed by atoms with Gasteiger partial charge in [0.2, 0.25) is 0 Å². The molecule has 2 atom stereocenters. The minimum Gasteiger partial charge on any atom is -0.484 e. The highest BCUT2D eigenvalue weighted by Crippen LogP contribution is 2.42. The van der Waals surface area contributed by atoms with Crippen LogP contribution in [0.4, 0.5) is 11.4 Å². The lowest BCUT2D eigenvalue weighted by atomic mass is 10.0. The van der Waals surface area contributed by atoms with Crippen molar-refractivity contribution in [2.45, 2.75) is 12.1 Å². The maximum atomic E-state index is 12.6. The maximum Gasteiger partial charge on any atom is 0.262 e. The van der Waals surface area contributed by atoms with Gasteiger partial charge in [-0.15, -0.1) is 0 Å². The van der Waals surface area contributed by atoms with Crippen LogP contribution in [0.25, 0.3) is 16.5 Å². The van der Waals surface area contributed by atoms with Gasteiger partial charge in [0.1, 0.15) is 11.8 Å². The molecule has 2 aromatic heterocycles. The number of pyridine rings is 1. The molecule has 7 rings (SSSR count). The molecular weight excluding hydrogens is 566 g/mol. The van der Waals surface area contributed by atoms with E-state index < -0.39 is 0 Å². The van der Waals surface area contributed by atoms with E-state index in [0.717, 1.165) is 22.8 Å². The fourth-order valence-corrected chi connectivity index (χ4v) is 6.04. The smallest absolute Gasteiger partial charge is 0.262 e. The summed E-state index contributed by atoms with van der Waals surface area (Å²) in [6.45, 7) is -0.0779. The van der Waals surface area contributed by atoms with Gasteiger partial charge in [-0.1, -0.05) is 54.6 Å². The van der Waals surface area contributed by atoms with Gasteiger partial charge in [0, 0.05) is 35.1 Å². The summed E-state index contributed by atoms with van der Waals surface area (Å²) in [7, 11) is 0. The van der Waals surface area contributed by atoms with Crippen LogP contribution in [0.5, 0.6) is 5.75 Å². The Hall–Kier alpha value is -5.47. The Bertz CT molecular complexity index is 1930. The Balaban J connectivity index is 1.19. The van der Waals surface area contributed by atoms with Crippen LogP contribution in [0.1, 0.15) is 23.5 Å². The molecule has 0 unspecified atom stereocenters. The van der Waals surface area contributed by atoms with E-state index in [1.54, 1.807) is 6.20 Å². The molecule has 6 aromatic rings. The van der Waals surface area contributed by atoms with E-state index in [2.05, 4.69) is 80.9 Å². The number of benzene rings is 4. The molecule has 1 amide bonds. The van der Waals surface area contributed by atoms with E-state index in [4.69, 9.17) is 21.9 Å². The van der Waals surface area contributed by atoms with Crippen molar-refractivity contribution < 1.29 is 9.53 Å². The molecule has 4 aromatic carbocycles. The number of anilines is 2. The number of carbonyl (C=O) groups excluding carboxylic acids is 1. The number of thiocarbonyl (C=S) groups is 1. The van der Waals surface area contributed by atoms with E-state index in [9.17, 15) is 4.79 Å². The molecule has 1 saturated heterocycles. The molecule has 1 fully saturated rings. The third-order valence-corrected chi connectivity index (χ3v) is 8.05. The third kappa shape index (κ3) is 5.50. The largest absolute Gasteiger partial charge is 0.484 e. The Kier molecular flexibility index (Phi) is 7.48. The van der Waals surface area contributed by atoms with E-state index >= 15 is 0 Å². The Morgan fingerprint density at radius 3 is 2.36 bits per heavy atom. The molecule has 2 N–H and O–H groups in total. The first-order chi connectivity index (χ1) is 21.6. The van der Waals surface area contributed by atoms with Crippen LogP contribution in [-0.2, 0) is 4.79 Å². The summed E-state index contributed by atoms with van der Waals surface area (Å²) < 4.78 is 7.80. The van der Waals surface area contributed by atoms with Gasteiger partial charge in [0.15, 0.2) is 11.7 Å². The van der Waals surface area contributed by atoms with Gasteiger partial charge < -0.3 is 24.8 Å². The molecule has 216 valence electrons. The van der Waals surface area contributed by atoms with Crippen molar-refractivity contribution in [3.05, 3.63) is 151 Å². The second-order valence-electron chi connectivity index (χ2n) is 10.5. The first-order valence-electron chi connectivity index (χ1n) is 14.4. The van der Waals surface area contributed by atoms with E-state index in [0.29, 0.717) is 16.5 Å². The summed E-state index contributed by atoms with van der Waals surface area (Å²) in [5.74, 6) is 0.413. The van der Waals surface area contributed by atoms with Crippen LogP contribution >= 0.6 is 12.2 Å². The van der Waals surface area contributed by atoms with Gasteiger partial charge in [-0.25, -0.2) is 0 Å². The lowest BCUT2D eigenvalue weighted by Crippen LogP contribution is -2.30. The molecule has 0 bridgehead atoms. The number of para-hydroxylation sites is 1. The van der Waals surface area contributed by atoms with Gasteiger partial charge in [0.25, 0.3) is 5.91 Å². The number of amides is 1. The summed E-state index contributed by atoms with van der Waals surface area (Å²) in [6, 6.07) is 41.6. The summed E-state index contributed by atoms with van der Waals surface area (Å²) >= 11 is 5.95. The minimum absolute atomic E-state index is 0.0779. The zero-order valence-electron chi connectivity index (χ0n) is 23.7. The number of carbonyl (C=O) groups is 1. The molecule has 44 heavy (non-hydrogen) atoms. The van der Waals surface area contributed by atoms with Crippen molar-refractivity contribution >= 4 is 45.4 Å². The van der Waals surface area contributed by atoms with Gasteiger partial charge in [-0.05, 0) is 95.8 Å².